The molecule has 0 atom stereocenters. The predicted octanol–water partition coefficient (Wildman–Crippen LogP) is 6.24. The van der Waals surface area contributed by atoms with Crippen molar-refractivity contribution in [3.8, 4) is 0 Å². The Labute approximate surface area is 117 Å². The van der Waals surface area contributed by atoms with Gasteiger partial charge in [-0.1, -0.05) is 24.3 Å². The molecule has 0 heteroatoms. The van der Waals surface area contributed by atoms with Gasteiger partial charge in [0.15, 0.2) is 0 Å². The van der Waals surface area contributed by atoms with Crippen LogP contribution in [0.1, 0.15) is 68.1 Å². The first-order valence-electron chi connectivity index (χ1n) is 8.09. The summed E-state index contributed by atoms with van der Waals surface area (Å²) in [6, 6.07) is 0. The van der Waals surface area contributed by atoms with Gasteiger partial charge in [0, 0.05) is 2.85 Å². The maximum Gasteiger partial charge on any atom is 0 e. The molecule has 0 saturated heterocycles. The van der Waals surface area contributed by atoms with Crippen molar-refractivity contribution >= 4 is 0 Å². The lowest BCUT2D eigenvalue weighted by Gasteiger charge is -2.36. The lowest BCUT2D eigenvalue weighted by molar-refractivity contribution is 0.166. The second-order valence-electron chi connectivity index (χ2n) is 6.40. The summed E-state index contributed by atoms with van der Waals surface area (Å²) in [5.41, 5.74) is 0. The van der Waals surface area contributed by atoms with Gasteiger partial charge >= 0.3 is 0 Å². The van der Waals surface area contributed by atoms with E-state index in [1.54, 1.807) is 0 Å². The Kier molecular flexibility index (Phi) is 5.53. The van der Waals surface area contributed by atoms with Gasteiger partial charge in [-0.2, -0.15) is 0 Å². The van der Waals surface area contributed by atoms with Gasteiger partial charge in [-0.3, -0.25) is 0 Å². The van der Waals surface area contributed by atoms with Gasteiger partial charge in [-0.15, -0.1) is 0 Å². The molecule has 18 heavy (non-hydrogen) atoms. The van der Waals surface area contributed by atoms with Crippen LogP contribution >= 0.6 is 0 Å². The zero-order chi connectivity index (χ0) is 12.8. The van der Waals surface area contributed by atoms with Crippen LogP contribution in [-0.2, 0) is 0 Å². The third-order valence-corrected chi connectivity index (χ3v) is 5.23. The molecule has 0 aromatic heterocycles. The zero-order valence-electron chi connectivity index (χ0n) is 12.3. The van der Waals surface area contributed by atoms with Gasteiger partial charge in [0.05, 0.1) is 0 Å². The summed E-state index contributed by atoms with van der Waals surface area (Å²) < 4.78 is 0. The molecule has 0 aromatic rings. The highest BCUT2D eigenvalue weighted by atomic mass is 14.3. The molecular weight excluding hydrogens is 216 g/mol. The highest BCUT2D eigenvalue weighted by Crippen LogP contribution is 2.41. The maximum absolute atomic E-state index is 2.43. The van der Waals surface area contributed by atoms with Crippen molar-refractivity contribution < 1.29 is 2.85 Å². The van der Waals surface area contributed by atoms with E-state index in [1.165, 1.54) is 51.4 Å². The van der Waals surface area contributed by atoms with Crippen molar-refractivity contribution in [1.29, 1.82) is 0 Å². The van der Waals surface area contributed by atoms with Crippen LogP contribution in [0.5, 0.6) is 0 Å². The molecule has 2 saturated carbocycles. The Hall–Kier alpha value is -0.520. The van der Waals surface area contributed by atoms with Crippen molar-refractivity contribution in [3.63, 3.8) is 0 Å². The Balaban J connectivity index is 0.00000180. The molecule has 2 aliphatic carbocycles. The molecule has 0 aromatic carbocycles. The standard InChI is InChI=1S/C18H30.2H2/c1-3-5-15-7-11-17(12-8-15)18-13-9-16(6-4-2)10-14-18;;/h3-6,15-18H,7-14H2,1-2H3;2*1H/b5-3+,6-4+;;. The third kappa shape index (κ3) is 3.73. The molecule has 0 nitrogen and oxygen atoms in total. The lowest BCUT2D eigenvalue weighted by Crippen LogP contribution is -2.25. The first-order valence-corrected chi connectivity index (χ1v) is 8.09. The summed E-state index contributed by atoms with van der Waals surface area (Å²) in [5, 5.41) is 0. The highest BCUT2D eigenvalue weighted by Gasteiger charge is 2.29. The van der Waals surface area contributed by atoms with Crippen molar-refractivity contribution in [2.75, 3.05) is 0 Å². The number of rotatable bonds is 3. The fourth-order valence-electron chi connectivity index (χ4n) is 4.16. The Morgan fingerprint density at radius 3 is 1.22 bits per heavy atom. The van der Waals surface area contributed by atoms with E-state index in [0.717, 1.165) is 23.7 Å². The van der Waals surface area contributed by atoms with Crippen LogP contribution in [0.2, 0.25) is 0 Å². The molecule has 2 rings (SSSR count). The first kappa shape index (κ1) is 13.9. The van der Waals surface area contributed by atoms with Crippen LogP contribution in [0.3, 0.4) is 0 Å². The average molecular weight is 250 g/mol. The molecular formula is C18H34. The summed E-state index contributed by atoms with van der Waals surface area (Å²) in [4.78, 5) is 0. The topological polar surface area (TPSA) is 0 Å². The maximum atomic E-state index is 2.43. The predicted molar refractivity (Wildman–Crippen MR) is 84.8 cm³/mol. The zero-order valence-corrected chi connectivity index (χ0v) is 12.3. The fourth-order valence-corrected chi connectivity index (χ4v) is 4.16. The van der Waals surface area contributed by atoms with E-state index < -0.39 is 0 Å². The Morgan fingerprint density at radius 1 is 0.611 bits per heavy atom. The van der Waals surface area contributed by atoms with Gasteiger partial charge in [-0.25, -0.2) is 0 Å². The van der Waals surface area contributed by atoms with Gasteiger partial charge in [0.25, 0.3) is 0 Å². The van der Waals surface area contributed by atoms with Gasteiger partial charge in [0.2, 0.25) is 0 Å². The van der Waals surface area contributed by atoms with Crippen LogP contribution in [0.25, 0.3) is 0 Å². The van der Waals surface area contributed by atoms with E-state index in [4.69, 9.17) is 0 Å². The van der Waals surface area contributed by atoms with Gasteiger partial charge in [0.1, 0.15) is 0 Å². The van der Waals surface area contributed by atoms with Crippen molar-refractivity contribution in [2.45, 2.75) is 65.2 Å². The number of allylic oxidation sites excluding steroid dienone is 4. The largest absolute Gasteiger partial charge is 0.0914 e. The summed E-state index contributed by atoms with van der Waals surface area (Å²) in [7, 11) is 0. The highest BCUT2D eigenvalue weighted by molar-refractivity contribution is 4.93. The summed E-state index contributed by atoms with van der Waals surface area (Å²) in [5.74, 6) is 3.90. The van der Waals surface area contributed by atoms with E-state index in [0.29, 0.717) is 0 Å². The molecule has 0 bridgehead atoms. The summed E-state index contributed by atoms with van der Waals surface area (Å²) >= 11 is 0. The molecule has 106 valence electrons. The number of hydrogen-bond acceptors (Lipinski definition) is 0. The third-order valence-electron chi connectivity index (χ3n) is 5.23. The molecule has 0 heterocycles. The van der Waals surface area contributed by atoms with Gasteiger partial charge in [-0.05, 0) is 88.9 Å². The van der Waals surface area contributed by atoms with E-state index >= 15 is 0 Å². The molecule has 0 spiro atoms. The normalized spacial score (nSPS) is 38.6. The molecule has 2 aliphatic rings. The van der Waals surface area contributed by atoms with Gasteiger partial charge < -0.3 is 0 Å². The minimum absolute atomic E-state index is 0. The van der Waals surface area contributed by atoms with Crippen LogP contribution in [0, 0.1) is 23.7 Å². The Morgan fingerprint density at radius 2 is 0.944 bits per heavy atom. The van der Waals surface area contributed by atoms with Crippen LogP contribution in [-0.4, -0.2) is 0 Å². The van der Waals surface area contributed by atoms with Crippen molar-refractivity contribution in [1.82, 2.24) is 0 Å². The Bertz CT molecular complexity index is 250. The fraction of sp³-hybridized carbons (Fsp3) is 0.778. The van der Waals surface area contributed by atoms with E-state index in [9.17, 15) is 0 Å². The van der Waals surface area contributed by atoms with E-state index in [1.807, 2.05) is 0 Å². The number of hydrogen-bond donors (Lipinski definition) is 0. The molecule has 0 N–H and O–H groups in total. The quantitative estimate of drug-likeness (QED) is 0.520. The lowest BCUT2D eigenvalue weighted by atomic mass is 9.69. The molecule has 0 aliphatic heterocycles. The summed E-state index contributed by atoms with van der Waals surface area (Å²) in [6.45, 7) is 4.32. The van der Waals surface area contributed by atoms with E-state index in [-0.39, 0.29) is 2.85 Å². The van der Waals surface area contributed by atoms with E-state index in [2.05, 4.69) is 38.2 Å². The minimum atomic E-state index is 0. The molecule has 0 unspecified atom stereocenters. The SMILES string of the molecule is C/C=C/C1CCC(C2CCC(/C=C/C)CC2)CC1.[HH].[HH]. The van der Waals surface area contributed by atoms with Crippen LogP contribution in [0.4, 0.5) is 0 Å². The second kappa shape index (κ2) is 7.16. The molecule has 0 radical (unpaired) electrons. The van der Waals surface area contributed by atoms with Crippen molar-refractivity contribution in [2.24, 2.45) is 23.7 Å². The monoisotopic (exact) mass is 250 g/mol. The van der Waals surface area contributed by atoms with Crippen LogP contribution < -0.4 is 0 Å². The molecule has 0 amide bonds. The first-order chi connectivity index (χ1) is 8.83. The average Bonchev–Trinajstić information content (AvgIpc) is 2.41. The van der Waals surface area contributed by atoms with Crippen molar-refractivity contribution in [3.05, 3.63) is 24.3 Å². The second-order valence-corrected chi connectivity index (χ2v) is 6.40. The summed E-state index contributed by atoms with van der Waals surface area (Å²) in [6.07, 6.45) is 21.1. The smallest absolute Gasteiger partial charge is 0 e. The van der Waals surface area contributed by atoms with Crippen LogP contribution in [0.15, 0.2) is 24.3 Å². The minimum Gasteiger partial charge on any atom is -0.0914 e. The molecule has 2 fully saturated rings.